The molecule has 0 amide bonds. The van der Waals surface area contributed by atoms with E-state index in [0.29, 0.717) is 0 Å². The number of furan rings is 2. The fourth-order valence-corrected chi connectivity index (χ4v) is 12.5. The number of aromatic nitrogens is 3. The molecule has 0 saturated heterocycles. The second-order valence-electron chi connectivity index (χ2n) is 18.3. The summed E-state index contributed by atoms with van der Waals surface area (Å²) < 4.78 is 21.4. The van der Waals surface area contributed by atoms with Gasteiger partial charge in [-0.05, 0) is 59.3 Å². The van der Waals surface area contributed by atoms with Crippen LogP contribution in [0.1, 0.15) is 0 Å². The molecule has 5 nitrogen and oxygen atoms in total. The van der Waals surface area contributed by atoms with E-state index in [4.69, 9.17) is 8.83 Å². The molecule has 6 aromatic heterocycles. The van der Waals surface area contributed by atoms with Gasteiger partial charge in [0.05, 0.1) is 50.0 Å². The molecule has 0 N–H and O–H groups in total. The number of para-hydroxylation sites is 5. The number of hydrogen-bond acceptors (Lipinski definition) is 2. The van der Waals surface area contributed by atoms with Gasteiger partial charge in [0.1, 0.15) is 11.2 Å². The first kappa shape index (κ1) is 34.4. The molecule has 0 radical (unpaired) electrons. The van der Waals surface area contributed by atoms with E-state index >= 15 is 0 Å². The molecule has 308 valence electrons. The molecule has 0 aliphatic carbocycles. The molecular formula is C62H33N3O2. The summed E-state index contributed by atoms with van der Waals surface area (Å²) in [6, 6.07) is 73.2. The van der Waals surface area contributed by atoms with E-state index in [2.05, 4.69) is 214 Å². The summed E-state index contributed by atoms with van der Waals surface area (Å²) in [4.78, 5) is 0. The first-order valence-electron chi connectivity index (χ1n) is 23.0. The van der Waals surface area contributed by atoms with Crippen molar-refractivity contribution in [3.63, 3.8) is 0 Å². The molecule has 0 saturated carbocycles. The molecule has 5 heteroatoms. The summed E-state index contributed by atoms with van der Waals surface area (Å²) in [5.74, 6) is 0. The quantitative estimate of drug-likeness (QED) is 0.174. The van der Waals surface area contributed by atoms with Crippen LogP contribution in [0.25, 0.3) is 159 Å². The van der Waals surface area contributed by atoms with Crippen molar-refractivity contribution in [3.05, 3.63) is 200 Å². The second-order valence-corrected chi connectivity index (χ2v) is 18.3. The van der Waals surface area contributed by atoms with Crippen LogP contribution in [0.2, 0.25) is 0 Å². The van der Waals surface area contributed by atoms with Crippen LogP contribution >= 0.6 is 0 Å². The maximum Gasteiger partial charge on any atom is 0.160 e. The standard InChI is InChI=1S/C62H33N3O2/c1-3-16-36-34(14-1)32-50-54(57(36)64-48-24-9-5-18-38(48)42-28-30-44-40-20-7-11-26-52(40)66-61(44)59(42)64)46-22-13-23-47-55-51(63(50)56(46)47)33-35-15-2-4-17-37(35)58(55)65-49-25-10-6-19-39(49)43-29-31-45-41-21-8-12-27-53(41)67-62(45)60(43)65/h1-33H. The van der Waals surface area contributed by atoms with Crippen LogP contribution in [0.15, 0.2) is 209 Å². The van der Waals surface area contributed by atoms with E-state index in [1.54, 1.807) is 0 Å². The predicted molar refractivity (Wildman–Crippen MR) is 279 cm³/mol. The van der Waals surface area contributed by atoms with Crippen molar-refractivity contribution in [2.75, 3.05) is 0 Å². The Morgan fingerprint density at radius 2 is 0.657 bits per heavy atom. The highest BCUT2D eigenvalue weighted by atomic mass is 16.3. The Hall–Kier alpha value is -9.06. The highest BCUT2D eigenvalue weighted by Crippen LogP contribution is 2.51. The van der Waals surface area contributed by atoms with Crippen molar-refractivity contribution in [3.8, 4) is 11.4 Å². The number of benzene rings is 11. The lowest BCUT2D eigenvalue weighted by molar-refractivity contribution is 0.671. The minimum absolute atomic E-state index is 0.893. The van der Waals surface area contributed by atoms with Gasteiger partial charge in [-0.1, -0.05) is 152 Å². The van der Waals surface area contributed by atoms with Gasteiger partial charge in [-0.2, -0.15) is 0 Å². The van der Waals surface area contributed by atoms with Gasteiger partial charge >= 0.3 is 0 Å². The minimum Gasteiger partial charge on any atom is -0.454 e. The summed E-state index contributed by atoms with van der Waals surface area (Å²) in [5.41, 5.74) is 13.9. The molecule has 0 unspecified atom stereocenters. The first-order valence-corrected chi connectivity index (χ1v) is 23.0. The van der Waals surface area contributed by atoms with Crippen LogP contribution in [0.4, 0.5) is 0 Å². The van der Waals surface area contributed by atoms with Gasteiger partial charge in [-0.25, -0.2) is 0 Å². The Morgan fingerprint density at radius 3 is 1.15 bits per heavy atom. The minimum atomic E-state index is 0.893. The van der Waals surface area contributed by atoms with Gasteiger partial charge in [-0.3, -0.25) is 0 Å². The van der Waals surface area contributed by atoms with Crippen molar-refractivity contribution in [2.45, 2.75) is 0 Å². The zero-order chi connectivity index (χ0) is 43.2. The molecule has 0 aliphatic heterocycles. The SMILES string of the molecule is c1ccc2c(-n3c4ccccc4c4ccc5c6ccccc6oc5c43)c3c4cccc5c6c(-n7c8ccccc8c8ccc9c%10ccccc%10oc9c87)c7ccccc7cc6n(c3cc2c1)c45. The molecule has 6 heterocycles. The van der Waals surface area contributed by atoms with E-state index in [1.807, 2.05) is 0 Å². The van der Waals surface area contributed by atoms with Gasteiger partial charge < -0.3 is 22.4 Å². The predicted octanol–water partition coefficient (Wildman–Crippen LogP) is 17.1. The number of rotatable bonds is 2. The smallest absolute Gasteiger partial charge is 0.160 e. The highest BCUT2D eigenvalue weighted by Gasteiger charge is 2.29. The Bertz CT molecular complexity index is 4740. The van der Waals surface area contributed by atoms with E-state index in [0.717, 1.165) is 77.3 Å². The third-order valence-electron chi connectivity index (χ3n) is 15.1. The van der Waals surface area contributed by atoms with E-state index in [1.165, 1.54) is 81.2 Å². The summed E-state index contributed by atoms with van der Waals surface area (Å²) in [5, 5.41) is 18.8. The first-order chi connectivity index (χ1) is 33.3. The topological polar surface area (TPSA) is 40.5 Å². The van der Waals surface area contributed by atoms with E-state index < -0.39 is 0 Å². The molecule has 0 atom stereocenters. The van der Waals surface area contributed by atoms with E-state index in [9.17, 15) is 0 Å². The number of hydrogen-bond donors (Lipinski definition) is 0. The van der Waals surface area contributed by atoms with Crippen LogP contribution in [0, 0.1) is 0 Å². The fourth-order valence-electron chi connectivity index (χ4n) is 12.5. The lowest BCUT2D eigenvalue weighted by Gasteiger charge is -2.16. The average molecular weight is 852 g/mol. The van der Waals surface area contributed by atoms with Crippen molar-refractivity contribution in [1.29, 1.82) is 0 Å². The third kappa shape index (κ3) is 4.09. The van der Waals surface area contributed by atoms with Gasteiger partial charge in [-0.15, -0.1) is 0 Å². The molecule has 0 aliphatic rings. The fraction of sp³-hybridized carbons (Fsp3) is 0. The zero-order valence-electron chi connectivity index (χ0n) is 35.7. The maximum absolute atomic E-state index is 6.91. The highest BCUT2D eigenvalue weighted by molar-refractivity contribution is 6.33. The van der Waals surface area contributed by atoms with Gasteiger partial charge in [0.25, 0.3) is 0 Å². The monoisotopic (exact) mass is 851 g/mol. The molecule has 67 heavy (non-hydrogen) atoms. The van der Waals surface area contributed by atoms with Gasteiger partial charge in [0.2, 0.25) is 0 Å². The van der Waals surface area contributed by atoms with Crippen LogP contribution in [-0.2, 0) is 0 Å². The average Bonchev–Trinajstić information content (AvgIpc) is 4.23. The lowest BCUT2D eigenvalue weighted by Crippen LogP contribution is -1.99. The van der Waals surface area contributed by atoms with E-state index in [-0.39, 0.29) is 0 Å². The molecule has 11 aromatic carbocycles. The van der Waals surface area contributed by atoms with Crippen molar-refractivity contribution < 1.29 is 8.83 Å². The van der Waals surface area contributed by atoms with Crippen LogP contribution in [0.5, 0.6) is 0 Å². The molecule has 17 rings (SSSR count). The maximum atomic E-state index is 6.91. The molecule has 17 aromatic rings. The lowest BCUT2D eigenvalue weighted by atomic mass is 9.99. The largest absolute Gasteiger partial charge is 0.454 e. The molecule has 0 spiro atoms. The Balaban J connectivity index is 1.09. The summed E-state index contributed by atoms with van der Waals surface area (Å²) in [7, 11) is 0. The summed E-state index contributed by atoms with van der Waals surface area (Å²) in [6.45, 7) is 0. The van der Waals surface area contributed by atoms with Crippen LogP contribution < -0.4 is 0 Å². The number of fused-ring (bicyclic) bond motifs is 22. The zero-order valence-corrected chi connectivity index (χ0v) is 35.7. The van der Waals surface area contributed by atoms with Crippen molar-refractivity contribution in [2.24, 2.45) is 0 Å². The Morgan fingerprint density at radius 1 is 0.269 bits per heavy atom. The molecule has 0 fully saturated rings. The van der Waals surface area contributed by atoms with Crippen molar-refractivity contribution >= 4 is 147 Å². The van der Waals surface area contributed by atoms with Gasteiger partial charge in [0.15, 0.2) is 11.2 Å². The Labute approximate surface area is 379 Å². The summed E-state index contributed by atoms with van der Waals surface area (Å²) in [6.07, 6.45) is 0. The number of nitrogens with zero attached hydrogens (tertiary/aromatic N) is 3. The second kappa shape index (κ2) is 12.0. The van der Waals surface area contributed by atoms with Crippen LogP contribution in [0.3, 0.4) is 0 Å². The van der Waals surface area contributed by atoms with Crippen LogP contribution in [-0.4, -0.2) is 13.5 Å². The normalized spacial score (nSPS) is 12.8. The third-order valence-corrected chi connectivity index (χ3v) is 15.1. The van der Waals surface area contributed by atoms with Crippen molar-refractivity contribution in [1.82, 2.24) is 13.5 Å². The van der Waals surface area contributed by atoms with Gasteiger partial charge in [0, 0.05) is 75.4 Å². The molecular weight excluding hydrogens is 819 g/mol. The molecule has 0 bridgehead atoms. The summed E-state index contributed by atoms with van der Waals surface area (Å²) >= 11 is 0. The Kier molecular flexibility index (Phi) is 6.15.